The number of hydrogen-bond acceptors (Lipinski definition) is 4. The van der Waals surface area contributed by atoms with Crippen molar-refractivity contribution in [3.63, 3.8) is 0 Å². The Hall–Kier alpha value is -2.38. The van der Waals surface area contributed by atoms with Gasteiger partial charge in [0.1, 0.15) is 5.75 Å². The van der Waals surface area contributed by atoms with Gasteiger partial charge in [-0.2, -0.15) is 0 Å². The Labute approximate surface area is 160 Å². The molecule has 0 saturated carbocycles. The molecule has 0 aromatic heterocycles. The lowest BCUT2D eigenvalue weighted by Crippen LogP contribution is -2.28. The third-order valence-corrected chi connectivity index (χ3v) is 6.77. The number of benzene rings is 2. The summed E-state index contributed by atoms with van der Waals surface area (Å²) in [6, 6.07) is 14.1. The molecular weight excluding hydrogens is 364 g/mol. The highest BCUT2D eigenvalue weighted by Gasteiger charge is 2.28. The monoisotopic (exact) mass is 388 g/mol. The maximum Gasteiger partial charge on any atom is 0.253 e. The summed E-state index contributed by atoms with van der Waals surface area (Å²) in [7, 11) is 1.12. The largest absolute Gasteiger partial charge is 0.497 e. The Morgan fingerprint density at radius 1 is 1.07 bits per heavy atom. The number of sulfonamides is 1. The zero-order valence-corrected chi connectivity index (χ0v) is 16.6. The summed E-state index contributed by atoms with van der Waals surface area (Å²) in [6.07, 6.45) is 0.908. The minimum absolute atomic E-state index is 0.0696. The smallest absolute Gasteiger partial charge is 0.253 e. The average Bonchev–Trinajstić information content (AvgIpc) is 3.17. The van der Waals surface area contributed by atoms with Crippen LogP contribution in [-0.2, 0) is 10.0 Å². The first-order valence-electron chi connectivity index (χ1n) is 8.78. The van der Waals surface area contributed by atoms with Gasteiger partial charge in [0.25, 0.3) is 5.91 Å². The molecule has 7 heteroatoms. The topological polar surface area (TPSA) is 66.9 Å². The summed E-state index contributed by atoms with van der Waals surface area (Å²) in [6.45, 7) is 1.34. The van der Waals surface area contributed by atoms with Crippen LogP contribution < -0.4 is 4.74 Å². The number of carbonyl (C=O) groups is 1. The van der Waals surface area contributed by atoms with Crippen molar-refractivity contribution < 1.29 is 17.9 Å². The van der Waals surface area contributed by atoms with E-state index in [1.165, 1.54) is 31.8 Å². The van der Waals surface area contributed by atoms with Gasteiger partial charge in [0.05, 0.1) is 12.0 Å². The summed E-state index contributed by atoms with van der Waals surface area (Å²) < 4.78 is 30.6. The summed E-state index contributed by atoms with van der Waals surface area (Å²) in [5.41, 5.74) is 1.70. The first-order chi connectivity index (χ1) is 12.8. The van der Waals surface area contributed by atoms with Crippen molar-refractivity contribution in [3.05, 3.63) is 59.7 Å². The number of hydrogen-bond donors (Lipinski definition) is 0. The van der Waals surface area contributed by atoms with Crippen molar-refractivity contribution in [1.29, 1.82) is 0 Å². The van der Waals surface area contributed by atoms with E-state index in [0.717, 1.165) is 16.5 Å². The predicted octanol–water partition coefficient (Wildman–Crippen LogP) is 2.58. The van der Waals surface area contributed by atoms with Gasteiger partial charge in [0, 0.05) is 38.7 Å². The van der Waals surface area contributed by atoms with Gasteiger partial charge >= 0.3 is 0 Å². The highest BCUT2D eigenvalue weighted by molar-refractivity contribution is 7.89. The maximum atomic E-state index is 12.8. The molecule has 1 amide bonds. The van der Waals surface area contributed by atoms with Gasteiger partial charge in [0.15, 0.2) is 0 Å². The Balaban J connectivity index is 1.69. The molecule has 0 bridgehead atoms. The third kappa shape index (κ3) is 3.99. The van der Waals surface area contributed by atoms with Crippen molar-refractivity contribution in [3.8, 4) is 5.75 Å². The standard InChI is InChI=1S/C20H24N2O4S/c1-21(2)27(24,25)19-10-6-16(7-11-19)20(23)22-13-12-17(14-22)15-4-8-18(26-3)9-5-15/h4-11,17H,12-14H2,1-3H3. The molecule has 1 saturated heterocycles. The number of nitrogens with zero attached hydrogens (tertiary/aromatic N) is 2. The fourth-order valence-corrected chi connectivity index (χ4v) is 4.16. The molecule has 1 unspecified atom stereocenters. The zero-order chi connectivity index (χ0) is 19.6. The minimum atomic E-state index is -3.49. The quantitative estimate of drug-likeness (QED) is 0.790. The normalized spacial score (nSPS) is 17.3. The first-order valence-corrected chi connectivity index (χ1v) is 10.2. The fraction of sp³-hybridized carbons (Fsp3) is 0.350. The number of likely N-dealkylation sites (tertiary alicyclic amines) is 1. The lowest BCUT2D eigenvalue weighted by atomic mass is 9.98. The van der Waals surface area contributed by atoms with Crippen LogP contribution in [0.25, 0.3) is 0 Å². The van der Waals surface area contributed by atoms with Crippen LogP contribution in [-0.4, -0.2) is 57.8 Å². The Bertz CT molecular complexity index is 906. The van der Waals surface area contributed by atoms with E-state index in [0.29, 0.717) is 24.6 Å². The molecule has 2 aromatic rings. The van der Waals surface area contributed by atoms with Crippen LogP contribution in [0.4, 0.5) is 0 Å². The third-order valence-electron chi connectivity index (χ3n) is 4.94. The molecule has 1 heterocycles. The van der Waals surface area contributed by atoms with E-state index >= 15 is 0 Å². The van der Waals surface area contributed by atoms with Crippen LogP contribution in [0.2, 0.25) is 0 Å². The van der Waals surface area contributed by atoms with Crippen LogP contribution in [0.5, 0.6) is 5.75 Å². The Morgan fingerprint density at radius 2 is 1.70 bits per heavy atom. The molecule has 1 atom stereocenters. The van der Waals surface area contributed by atoms with Gasteiger partial charge in [-0.05, 0) is 48.4 Å². The lowest BCUT2D eigenvalue weighted by molar-refractivity contribution is 0.0790. The van der Waals surface area contributed by atoms with E-state index in [1.807, 2.05) is 29.2 Å². The van der Waals surface area contributed by atoms with Crippen molar-refractivity contribution in [1.82, 2.24) is 9.21 Å². The Morgan fingerprint density at radius 3 is 2.26 bits per heavy atom. The van der Waals surface area contributed by atoms with E-state index < -0.39 is 10.0 Å². The van der Waals surface area contributed by atoms with Gasteiger partial charge in [-0.15, -0.1) is 0 Å². The first kappa shape index (κ1) is 19.4. The molecular formula is C20H24N2O4S. The number of amides is 1. The van der Waals surface area contributed by atoms with Crippen molar-refractivity contribution in [2.24, 2.45) is 0 Å². The van der Waals surface area contributed by atoms with E-state index in [-0.39, 0.29) is 10.8 Å². The molecule has 27 heavy (non-hydrogen) atoms. The highest BCUT2D eigenvalue weighted by atomic mass is 32.2. The van der Waals surface area contributed by atoms with Crippen LogP contribution in [0.3, 0.4) is 0 Å². The molecule has 144 valence electrons. The fourth-order valence-electron chi connectivity index (χ4n) is 3.26. The van der Waals surface area contributed by atoms with Gasteiger partial charge in [-0.3, -0.25) is 4.79 Å². The van der Waals surface area contributed by atoms with E-state index in [1.54, 1.807) is 19.2 Å². The van der Waals surface area contributed by atoms with Crippen LogP contribution in [0, 0.1) is 0 Å². The number of rotatable bonds is 5. The molecule has 6 nitrogen and oxygen atoms in total. The molecule has 1 aliphatic rings. The van der Waals surface area contributed by atoms with Gasteiger partial charge in [-0.25, -0.2) is 12.7 Å². The zero-order valence-electron chi connectivity index (χ0n) is 15.8. The second-order valence-electron chi connectivity index (χ2n) is 6.82. The molecule has 0 aliphatic carbocycles. The molecule has 0 spiro atoms. The van der Waals surface area contributed by atoms with E-state index in [2.05, 4.69) is 0 Å². The molecule has 1 fully saturated rings. The summed E-state index contributed by atoms with van der Waals surface area (Å²) >= 11 is 0. The molecule has 1 aliphatic heterocycles. The molecule has 0 N–H and O–H groups in total. The molecule has 3 rings (SSSR count). The number of ether oxygens (including phenoxy) is 1. The van der Waals surface area contributed by atoms with Crippen molar-refractivity contribution in [2.45, 2.75) is 17.2 Å². The molecule has 2 aromatic carbocycles. The SMILES string of the molecule is COc1ccc(C2CCN(C(=O)c3ccc(S(=O)(=O)N(C)C)cc3)C2)cc1. The summed E-state index contributed by atoms with van der Waals surface area (Å²) in [5.74, 6) is 1.05. The van der Waals surface area contributed by atoms with Gasteiger partial charge < -0.3 is 9.64 Å². The van der Waals surface area contributed by atoms with Gasteiger partial charge in [0.2, 0.25) is 10.0 Å². The second-order valence-corrected chi connectivity index (χ2v) is 8.97. The van der Waals surface area contributed by atoms with E-state index in [9.17, 15) is 13.2 Å². The van der Waals surface area contributed by atoms with Crippen molar-refractivity contribution in [2.75, 3.05) is 34.3 Å². The predicted molar refractivity (Wildman–Crippen MR) is 104 cm³/mol. The van der Waals surface area contributed by atoms with Crippen LogP contribution in [0.15, 0.2) is 53.4 Å². The number of carbonyl (C=O) groups excluding carboxylic acids is 1. The van der Waals surface area contributed by atoms with Crippen molar-refractivity contribution >= 4 is 15.9 Å². The Kier molecular flexibility index (Phi) is 5.53. The average molecular weight is 388 g/mol. The van der Waals surface area contributed by atoms with Gasteiger partial charge in [-0.1, -0.05) is 12.1 Å². The van der Waals surface area contributed by atoms with Crippen LogP contribution >= 0.6 is 0 Å². The molecule has 0 radical (unpaired) electrons. The minimum Gasteiger partial charge on any atom is -0.497 e. The summed E-state index contributed by atoms with van der Waals surface area (Å²) in [5, 5.41) is 0. The highest BCUT2D eigenvalue weighted by Crippen LogP contribution is 2.29. The maximum absolute atomic E-state index is 12.8. The van der Waals surface area contributed by atoms with Crippen LogP contribution in [0.1, 0.15) is 28.3 Å². The second kappa shape index (κ2) is 7.70. The summed E-state index contributed by atoms with van der Waals surface area (Å²) in [4.78, 5) is 14.8. The van der Waals surface area contributed by atoms with E-state index in [4.69, 9.17) is 4.74 Å². The number of methoxy groups -OCH3 is 1. The lowest BCUT2D eigenvalue weighted by Gasteiger charge is -2.17.